The molecule has 3 aromatic heterocycles. The van der Waals surface area contributed by atoms with Gasteiger partial charge in [0.05, 0.1) is 41.1 Å². The third-order valence-electron chi connectivity index (χ3n) is 7.05. The molecule has 1 saturated heterocycles. The SMILES string of the molecule is C[C@H]1CC[C@@H](O)CN(c2ccc(Nc3ccc(-c4cnc5cc(F)ccn45)c4c3C(=O)NC4)nc2)C1. The lowest BCUT2D eigenvalue weighted by atomic mass is 9.99. The molecule has 4 aromatic rings. The number of carbonyl (C=O) groups is 1. The van der Waals surface area contributed by atoms with E-state index in [1.165, 1.54) is 12.1 Å². The Morgan fingerprint density at radius 1 is 1.11 bits per heavy atom. The van der Waals surface area contributed by atoms with Gasteiger partial charge in [-0.2, -0.15) is 0 Å². The molecule has 6 rings (SSSR count). The van der Waals surface area contributed by atoms with Crippen molar-refractivity contribution in [3.63, 3.8) is 0 Å². The number of aromatic nitrogens is 3. The highest BCUT2D eigenvalue weighted by atomic mass is 19.1. The lowest BCUT2D eigenvalue weighted by molar-refractivity contribution is 0.0966. The number of rotatable bonds is 4. The highest BCUT2D eigenvalue weighted by Gasteiger charge is 2.27. The standard InChI is InChI=1S/C27H27FN6O2/c1-16-2-4-19(35)15-33(14-16)18-3-7-24(29-11-18)32-22-6-5-20(21-12-31-27(36)26(21)22)23-13-30-25-10-17(28)8-9-34(23)25/h3,5-11,13,16,19,35H,2,4,12,14-15H2,1H3,(H,29,32)(H,31,36)/t16-,19+/m0/s1. The molecule has 9 heteroatoms. The van der Waals surface area contributed by atoms with Crippen molar-refractivity contribution in [2.45, 2.75) is 32.4 Å². The minimum absolute atomic E-state index is 0.154. The Labute approximate surface area is 207 Å². The van der Waals surface area contributed by atoms with Crippen molar-refractivity contribution in [3.8, 4) is 11.3 Å². The average Bonchev–Trinajstić information content (AvgIpc) is 3.42. The van der Waals surface area contributed by atoms with E-state index in [0.29, 0.717) is 41.7 Å². The monoisotopic (exact) mass is 486 g/mol. The molecule has 0 saturated carbocycles. The van der Waals surface area contributed by atoms with E-state index >= 15 is 0 Å². The minimum Gasteiger partial charge on any atom is -0.391 e. The Bertz CT molecular complexity index is 1440. The van der Waals surface area contributed by atoms with Gasteiger partial charge >= 0.3 is 0 Å². The van der Waals surface area contributed by atoms with Crippen LogP contribution in [0, 0.1) is 11.7 Å². The van der Waals surface area contributed by atoms with Crippen molar-refractivity contribution in [1.82, 2.24) is 19.7 Å². The van der Waals surface area contributed by atoms with Crippen LogP contribution in [0.5, 0.6) is 0 Å². The highest BCUT2D eigenvalue weighted by molar-refractivity contribution is 6.06. The Morgan fingerprint density at radius 3 is 2.83 bits per heavy atom. The number of β-amino-alcohol motifs (C(OH)–C–C–N with tert-alkyl or cyclic N) is 1. The Morgan fingerprint density at radius 2 is 2.00 bits per heavy atom. The summed E-state index contributed by atoms with van der Waals surface area (Å²) in [4.78, 5) is 23.9. The number of aliphatic hydroxyl groups excluding tert-OH is 1. The summed E-state index contributed by atoms with van der Waals surface area (Å²) in [6, 6.07) is 10.5. The van der Waals surface area contributed by atoms with E-state index in [2.05, 4.69) is 32.4 Å². The van der Waals surface area contributed by atoms with Gasteiger partial charge in [0, 0.05) is 37.5 Å². The van der Waals surface area contributed by atoms with Gasteiger partial charge in [0.25, 0.3) is 5.91 Å². The van der Waals surface area contributed by atoms with Crippen LogP contribution in [0.3, 0.4) is 0 Å². The molecule has 0 unspecified atom stereocenters. The van der Waals surface area contributed by atoms with Crippen LogP contribution >= 0.6 is 0 Å². The molecule has 2 aliphatic rings. The number of amides is 1. The summed E-state index contributed by atoms with van der Waals surface area (Å²) >= 11 is 0. The van der Waals surface area contributed by atoms with Gasteiger partial charge < -0.3 is 20.6 Å². The Hall–Kier alpha value is -3.98. The molecule has 2 atom stereocenters. The second-order valence-electron chi connectivity index (χ2n) is 9.68. The van der Waals surface area contributed by atoms with E-state index in [-0.39, 0.29) is 17.8 Å². The maximum Gasteiger partial charge on any atom is 0.254 e. The molecular formula is C27H27FN6O2. The first-order valence-electron chi connectivity index (χ1n) is 12.2. The van der Waals surface area contributed by atoms with Crippen molar-refractivity contribution >= 4 is 28.7 Å². The number of nitrogens with zero attached hydrogens (tertiary/aromatic N) is 4. The second-order valence-corrected chi connectivity index (χ2v) is 9.68. The number of fused-ring (bicyclic) bond motifs is 2. The summed E-state index contributed by atoms with van der Waals surface area (Å²) in [6.45, 7) is 4.09. The molecule has 36 heavy (non-hydrogen) atoms. The lowest BCUT2D eigenvalue weighted by Crippen LogP contribution is -2.32. The van der Waals surface area contributed by atoms with Crippen LogP contribution in [0.4, 0.5) is 21.6 Å². The molecule has 2 aliphatic heterocycles. The number of imidazole rings is 1. The summed E-state index contributed by atoms with van der Waals surface area (Å²) in [5, 5.41) is 16.4. The Kier molecular flexibility index (Phi) is 5.56. The number of hydrogen-bond acceptors (Lipinski definition) is 6. The maximum atomic E-state index is 13.6. The van der Waals surface area contributed by atoms with Crippen LogP contribution in [-0.2, 0) is 6.54 Å². The number of nitrogens with one attached hydrogen (secondary N) is 2. The maximum absolute atomic E-state index is 13.6. The van der Waals surface area contributed by atoms with Crippen molar-refractivity contribution in [3.05, 3.63) is 71.9 Å². The molecule has 5 heterocycles. The van der Waals surface area contributed by atoms with Gasteiger partial charge in [-0.05, 0) is 48.6 Å². The van der Waals surface area contributed by atoms with Gasteiger partial charge in [-0.15, -0.1) is 0 Å². The zero-order chi connectivity index (χ0) is 24.8. The third kappa shape index (κ3) is 4.05. The topological polar surface area (TPSA) is 94.8 Å². The normalized spacial score (nSPS) is 19.8. The molecule has 1 amide bonds. The van der Waals surface area contributed by atoms with Gasteiger partial charge in [0.15, 0.2) is 0 Å². The third-order valence-corrected chi connectivity index (χ3v) is 7.05. The molecule has 0 radical (unpaired) electrons. The molecule has 184 valence electrons. The number of halogens is 1. The number of aliphatic hydroxyl groups is 1. The van der Waals surface area contributed by atoms with E-state index in [1.807, 2.05) is 28.7 Å². The largest absolute Gasteiger partial charge is 0.391 e. The zero-order valence-corrected chi connectivity index (χ0v) is 19.9. The molecule has 0 spiro atoms. The number of benzene rings is 1. The molecule has 1 aromatic carbocycles. The zero-order valence-electron chi connectivity index (χ0n) is 19.9. The molecule has 0 aliphatic carbocycles. The van der Waals surface area contributed by atoms with Crippen LogP contribution in [0.1, 0.15) is 35.7 Å². The van der Waals surface area contributed by atoms with Crippen molar-refractivity contribution in [2.24, 2.45) is 5.92 Å². The smallest absolute Gasteiger partial charge is 0.254 e. The second kappa shape index (κ2) is 8.91. The fourth-order valence-electron chi connectivity index (χ4n) is 5.21. The van der Waals surface area contributed by atoms with Crippen LogP contribution in [0.15, 0.2) is 55.0 Å². The highest BCUT2D eigenvalue weighted by Crippen LogP contribution is 2.35. The predicted octanol–water partition coefficient (Wildman–Crippen LogP) is 4.12. The fourth-order valence-corrected chi connectivity index (χ4v) is 5.21. The number of anilines is 3. The summed E-state index contributed by atoms with van der Waals surface area (Å²) < 4.78 is 15.4. The quantitative estimate of drug-likeness (QED) is 0.402. The first-order chi connectivity index (χ1) is 17.5. The van der Waals surface area contributed by atoms with Crippen LogP contribution in [0.2, 0.25) is 0 Å². The lowest BCUT2D eigenvalue weighted by Gasteiger charge is -2.26. The minimum atomic E-state index is -0.346. The first-order valence-corrected chi connectivity index (χ1v) is 12.2. The summed E-state index contributed by atoms with van der Waals surface area (Å²) in [6.07, 6.45) is 6.64. The van der Waals surface area contributed by atoms with Crippen LogP contribution < -0.4 is 15.5 Å². The first kappa shape index (κ1) is 22.5. The van der Waals surface area contributed by atoms with Crippen LogP contribution in [0.25, 0.3) is 16.9 Å². The van der Waals surface area contributed by atoms with E-state index in [9.17, 15) is 14.3 Å². The van der Waals surface area contributed by atoms with Crippen molar-refractivity contribution in [2.75, 3.05) is 23.3 Å². The Balaban J connectivity index is 1.30. The average molecular weight is 487 g/mol. The predicted molar refractivity (Wildman–Crippen MR) is 136 cm³/mol. The molecule has 1 fully saturated rings. The summed E-state index contributed by atoms with van der Waals surface area (Å²) in [5.74, 6) is 0.633. The van der Waals surface area contributed by atoms with E-state index < -0.39 is 0 Å². The van der Waals surface area contributed by atoms with Gasteiger partial charge in [-0.3, -0.25) is 9.20 Å². The molecule has 8 nitrogen and oxygen atoms in total. The molecule has 3 N–H and O–H groups in total. The van der Waals surface area contributed by atoms with Gasteiger partial charge in [0.2, 0.25) is 0 Å². The van der Waals surface area contributed by atoms with E-state index in [1.54, 1.807) is 18.6 Å². The van der Waals surface area contributed by atoms with Gasteiger partial charge in [0.1, 0.15) is 17.3 Å². The van der Waals surface area contributed by atoms with Crippen LogP contribution in [-0.4, -0.2) is 44.6 Å². The summed E-state index contributed by atoms with van der Waals surface area (Å²) in [7, 11) is 0. The van der Waals surface area contributed by atoms with Crippen molar-refractivity contribution in [1.29, 1.82) is 0 Å². The number of carbonyl (C=O) groups excluding carboxylic acids is 1. The number of hydrogen-bond donors (Lipinski definition) is 3. The van der Waals surface area contributed by atoms with Gasteiger partial charge in [-0.1, -0.05) is 13.0 Å². The van der Waals surface area contributed by atoms with E-state index in [0.717, 1.165) is 41.9 Å². The number of pyridine rings is 2. The molecular weight excluding hydrogens is 459 g/mol. The van der Waals surface area contributed by atoms with Crippen molar-refractivity contribution < 1.29 is 14.3 Å². The summed E-state index contributed by atoms with van der Waals surface area (Å²) in [5.41, 5.74) is 5.23. The fraction of sp³-hybridized carbons (Fsp3) is 0.296. The van der Waals surface area contributed by atoms with E-state index in [4.69, 9.17) is 0 Å². The molecule has 0 bridgehead atoms. The van der Waals surface area contributed by atoms with Gasteiger partial charge in [-0.25, -0.2) is 14.4 Å².